The highest BCUT2D eigenvalue weighted by Gasteiger charge is 2.35. The molecule has 9 heteroatoms. The third kappa shape index (κ3) is 3.72. The summed E-state index contributed by atoms with van der Waals surface area (Å²) in [5.41, 5.74) is 10.5. The number of aryl methyl sites for hydroxylation is 2. The SMILES string of the molecule is Cc1cc(C)c(C#N)c(SCc2[nH]nc3c2[C@@H](c2ccc(F)cc2)C(C#N)=C(N)O3)n1. The third-order valence-electron chi connectivity index (χ3n) is 5.00. The second-order valence-electron chi connectivity index (χ2n) is 7.06. The Morgan fingerprint density at radius 2 is 1.97 bits per heavy atom. The van der Waals surface area contributed by atoms with E-state index in [-0.39, 0.29) is 23.2 Å². The number of allylic oxidation sites excluding steroid dienone is 1. The van der Waals surface area contributed by atoms with Crippen molar-refractivity contribution in [2.24, 2.45) is 5.73 Å². The summed E-state index contributed by atoms with van der Waals surface area (Å²) in [5, 5.41) is 27.0. The Morgan fingerprint density at radius 1 is 1.23 bits per heavy atom. The molecule has 0 radical (unpaired) electrons. The topological polar surface area (TPSA) is 124 Å². The lowest BCUT2D eigenvalue weighted by Gasteiger charge is -2.24. The van der Waals surface area contributed by atoms with Gasteiger partial charge in [0.1, 0.15) is 28.6 Å². The van der Waals surface area contributed by atoms with E-state index in [0.29, 0.717) is 33.2 Å². The number of rotatable bonds is 4. The number of hydrogen-bond donors (Lipinski definition) is 2. The van der Waals surface area contributed by atoms with Crippen LogP contribution in [-0.4, -0.2) is 15.2 Å². The number of halogens is 1. The standard InChI is InChI=1S/C22H17FN6OS/c1-11-7-12(2)27-22(15(11)8-24)31-10-17-19-18(13-3-5-14(23)6-4-13)16(9-25)20(26)30-21(19)29-28-17/h3-7,18H,10,26H2,1-2H3,(H,28,29)/t18-/m0/s1. The summed E-state index contributed by atoms with van der Waals surface area (Å²) in [7, 11) is 0. The van der Waals surface area contributed by atoms with Crippen LogP contribution in [0.25, 0.3) is 0 Å². The molecule has 1 atom stereocenters. The molecule has 0 aliphatic carbocycles. The van der Waals surface area contributed by atoms with Gasteiger partial charge in [0.05, 0.1) is 22.7 Å². The van der Waals surface area contributed by atoms with Crippen LogP contribution in [0.5, 0.6) is 5.88 Å². The van der Waals surface area contributed by atoms with Crippen molar-refractivity contribution in [1.82, 2.24) is 15.2 Å². The highest BCUT2D eigenvalue weighted by Crippen LogP contribution is 2.44. The van der Waals surface area contributed by atoms with Crippen molar-refractivity contribution in [3.63, 3.8) is 0 Å². The molecule has 0 bridgehead atoms. The van der Waals surface area contributed by atoms with Gasteiger partial charge in [-0.2, -0.15) is 10.5 Å². The molecule has 0 saturated heterocycles. The maximum absolute atomic E-state index is 13.5. The predicted molar refractivity (Wildman–Crippen MR) is 112 cm³/mol. The number of nitriles is 2. The molecule has 0 unspecified atom stereocenters. The van der Waals surface area contributed by atoms with Crippen molar-refractivity contribution in [3.05, 3.63) is 81.2 Å². The Bertz CT molecular complexity index is 1280. The zero-order chi connectivity index (χ0) is 22.1. The number of fused-ring (bicyclic) bond motifs is 1. The quantitative estimate of drug-likeness (QED) is 0.598. The molecule has 3 aromatic rings. The second-order valence-corrected chi connectivity index (χ2v) is 8.02. The molecule has 7 nitrogen and oxygen atoms in total. The largest absolute Gasteiger partial charge is 0.420 e. The van der Waals surface area contributed by atoms with Gasteiger partial charge in [-0.3, -0.25) is 5.10 Å². The van der Waals surface area contributed by atoms with Crippen molar-refractivity contribution in [2.75, 3.05) is 0 Å². The Kier molecular flexibility index (Phi) is 5.37. The van der Waals surface area contributed by atoms with Gasteiger partial charge >= 0.3 is 0 Å². The molecule has 1 aliphatic heterocycles. The number of aromatic nitrogens is 3. The number of nitrogens with two attached hydrogens (primary N) is 1. The number of H-pyrrole nitrogens is 1. The van der Waals surface area contributed by atoms with Gasteiger partial charge < -0.3 is 10.5 Å². The minimum atomic E-state index is -0.550. The lowest BCUT2D eigenvalue weighted by molar-refractivity contribution is 0.378. The van der Waals surface area contributed by atoms with Gasteiger partial charge in [-0.25, -0.2) is 9.37 Å². The number of aromatic amines is 1. The lowest BCUT2D eigenvalue weighted by Crippen LogP contribution is -2.21. The van der Waals surface area contributed by atoms with Crippen LogP contribution in [-0.2, 0) is 5.75 Å². The first-order valence-electron chi connectivity index (χ1n) is 9.34. The number of benzene rings is 1. The summed E-state index contributed by atoms with van der Waals surface area (Å²) < 4.78 is 19.1. The van der Waals surface area contributed by atoms with Crippen molar-refractivity contribution >= 4 is 11.8 Å². The predicted octanol–water partition coefficient (Wildman–Crippen LogP) is 3.94. The van der Waals surface area contributed by atoms with Crippen molar-refractivity contribution in [2.45, 2.75) is 30.5 Å². The highest BCUT2D eigenvalue weighted by atomic mass is 32.2. The first-order valence-corrected chi connectivity index (χ1v) is 10.3. The summed E-state index contributed by atoms with van der Waals surface area (Å²) in [6, 6.07) is 12.1. The van der Waals surface area contributed by atoms with E-state index in [1.165, 1.54) is 23.9 Å². The van der Waals surface area contributed by atoms with Gasteiger partial charge in [0.25, 0.3) is 0 Å². The summed E-state index contributed by atoms with van der Waals surface area (Å²) in [6.07, 6.45) is 0. The van der Waals surface area contributed by atoms with Gasteiger partial charge in [0, 0.05) is 11.4 Å². The van der Waals surface area contributed by atoms with E-state index in [0.717, 1.165) is 11.3 Å². The average Bonchev–Trinajstić information content (AvgIpc) is 3.13. The summed E-state index contributed by atoms with van der Waals surface area (Å²) in [6.45, 7) is 3.75. The van der Waals surface area contributed by atoms with Crippen LogP contribution in [0.15, 0.2) is 46.8 Å². The molecule has 0 fully saturated rings. The Balaban J connectivity index is 1.74. The normalized spacial score (nSPS) is 15.1. The molecular weight excluding hydrogens is 415 g/mol. The number of nitrogens with zero attached hydrogens (tertiary/aromatic N) is 4. The molecule has 0 amide bonds. The minimum Gasteiger partial charge on any atom is -0.420 e. The average molecular weight is 432 g/mol. The molecule has 0 saturated carbocycles. The molecule has 1 aliphatic rings. The third-order valence-corrected chi connectivity index (χ3v) is 6.00. The maximum atomic E-state index is 13.5. The smallest absolute Gasteiger partial charge is 0.244 e. The minimum absolute atomic E-state index is 0.0298. The zero-order valence-electron chi connectivity index (χ0n) is 16.7. The van der Waals surface area contributed by atoms with E-state index in [1.807, 2.05) is 19.9 Å². The maximum Gasteiger partial charge on any atom is 0.244 e. The Labute approximate surface area is 182 Å². The monoisotopic (exact) mass is 432 g/mol. The van der Waals surface area contributed by atoms with Gasteiger partial charge in [-0.15, -0.1) is 5.10 Å². The van der Waals surface area contributed by atoms with Gasteiger partial charge in [0.2, 0.25) is 11.8 Å². The molecule has 3 heterocycles. The van der Waals surface area contributed by atoms with E-state index in [1.54, 1.807) is 12.1 Å². The first-order chi connectivity index (χ1) is 14.9. The second kappa shape index (κ2) is 8.13. The van der Waals surface area contributed by atoms with Crippen LogP contribution < -0.4 is 10.5 Å². The van der Waals surface area contributed by atoms with E-state index in [2.05, 4.69) is 27.3 Å². The van der Waals surface area contributed by atoms with E-state index >= 15 is 0 Å². The van der Waals surface area contributed by atoms with Crippen LogP contribution in [0, 0.1) is 42.3 Å². The molecule has 31 heavy (non-hydrogen) atoms. The molecule has 0 spiro atoms. The van der Waals surface area contributed by atoms with Crippen LogP contribution in [0.4, 0.5) is 4.39 Å². The lowest BCUT2D eigenvalue weighted by atomic mass is 9.84. The number of thioether (sulfide) groups is 1. The number of pyridine rings is 1. The van der Waals surface area contributed by atoms with Gasteiger partial charge in [-0.05, 0) is 43.2 Å². The highest BCUT2D eigenvalue weighted by molar-refractivity contribution is 7.98. The summed E-state index contributed by atoms with van der Waals surface area (Å²) in [4.78, 5) is 4.50. The fourth-order valence-electron chi connectivity index (χ4n) is 3.59. The molecular formula is C22H17FN6OS. The van der Waals surface area contributed by atoms with Crippen LogP contribution >= 0.6 is 11.8 Å². The zero-order valence-corrected chi connectivity index (χ0v) is 17.5. The van der Waals surface area contributed by atoms with Crippen molar-refractivity contribution < 1.29 is 9.13 Å². The van der Waals surface area contributed by atoms with Crippen molar-refractivity contribution in [1.29, 1.82) is 10.5 Å². The molecule has 3 N–H and O–H groups in total. The Morgan fingerprint density at radius 3 is 2.65 bits per heavy atom. The van der Waals surface area contributed by atoms with E-state index in [9.17, 15) is 14.9 Å². The van der Waals surface area contributed by atoms with E-state index < -0.39 is 5.92 Å². The molecule has 4 rings (SSSR count). The number of ether oxygens (including phenoxy) is 1. The van der Waals surface area contributed by atoms with Crippen LogP contribution in [0.1, 0.15) is 39.6 Å². The van der Waals surface area contributed by atoms with Gasteiger partial charge in [0.15, 0.2) is 0 Å². The molecule has 154 valence electrons. The summed E-state index contributed by atoms with van der Waals surface area (Å²) >= 11 is 1.39. The number of hydrogen-bond acceptors (Lipinski definition) is 7. The Hall–Kier alpha value is -3.82. The van der Waals surface area contributed by atoms with Gasteiger partial charge in [-0.1, -0.05) is 23.9 Å². The molecule has 1 aromatic carbocycles. The van der Waals surface area contributed by atoms with Crippen LogP contribution in [0.2, 0.25) is 0 Å². The summed E-state index contributed by atoms with van der Waals surface area (Å²) in [5.74, 6) is -0.272. The fraction of sp³-hybridized carbons (Fsp3) is 0.182. The van der Waals surface area contributed by atoms with Crippen LogP contribution in [0.3, 0.4) is 0 Å². The molecule has 2 aromatic heterocycles. The van der Waals surface area contributed by atoms with E-state index in [4.69, 9.17) is 10.5 Å². The first kappa shape index (κ1) is 20.5. The fourth-order valence-corrected chi connectivity index (χ4v) is 4.65. The van der Waals surface area contributed by atoms with Crippen molar-refractivity contribution in [3.8, 4) is 18.0 Å². The number of nitrogens with one attached hydrogen (secondary N) is 1.